The van der Waals surface area contributed by atoms with Gasteiger partial charge in [-0.25, -0.2) is 0 Å². The number of rotatable bonds is 0. The number of benzene rings is 5. The van der Waals surface area contributed by atoms with Crippen LogP contribution in [0.3, 0.4) is 0 Å². The van der Waals surface area contributed by atoms with Gasteiger partial charge in [-0.2, -0.15) is 0 Å². The van der Waals surface area contributed by atoms with Crippen molar-refractivity contribution in [3.05, 3.63) is 84.9 Å². The highest BCUT2D eigenvalue weighted by molar-refractivity contribution is 14.1. The molecule has 0 radical (unpaired) electrons. The van der Waals surface area contributed by atoms with Crippen LogP contribution in [0.1, 0.15) is 0 Å². The highest BCUT2D eigenvalue weighted by Gasteiger charge is 2.18. The lowest BCUT2D eigenvalue weighted by Gasteiger charge is -2.08. The minimum absolute atomic E-state index is 1.28. The summed E-state index contributed by atoms with van der Waals surface area (Å²) in [4.78, 5) is 0. The van der Waals surface area contributed by atoms with E-state index in [0.717, 1.165) is 0 Å². The van der Waals surface area contributed by atoms with Crippen LogP contribution in [0.25, 0.3) is 54.1 Å². The van der Waals surface area contributed by atoms with Gasteiger partial charge in [0.15, 0.2) is 0 Å². The maximum atomic E-state index is 2.46. The van der Waals surface area contributed by atoms with Gasteiger partial charge in [-0.05, 0) is 33.0 Å². The molecule has 5 aromatic carbocycles. The molecule has 122 valence electrons. The summed E-state index contributed by atoms with van der Waals surface area (Å²) < 4.78 is 2.34. The molecule has 2 heteroatoms. The van der Waals surface area contributed by atoms with Crippen molar-refractivity contribution in [2.24, 2.45) is 0 Å². The third-order valence-corrected chi connectivity index (χ3v) is 6.47. The Balaban J connectivity index is 2.09. The first-order valence-corrected chi connectivity index (χ1v) is 9.72. The zero-order valence-corrected chi connectivity index (χ0v) is 16.1. The predicted octanol–water partition coefficient (Wildman–Crippen LogP) is 7.45. The number of halogens is 1. The Hall–Kier alpha value is -2.59. The molecule has 0 saturated heterocycles. The molecule has 0 aliphatic rings. The quantitative estimate of drug-likeness (QED) is 0.170. The van der Waals surface area contributed by atoms with Gasteiger partial charge in [-0.3, -0.25) is 2.78 Å². The van der Waals surface area contributed by atoms with E-state index in [1.54, 1.807) is 0 Å². The van der Waals surface area contributed by atoms with E-state index in [1.807, 2.05) is 0 Å². The Bertz CT molecular complexity index is 1490. The molecule has 1 aromatic heterocycles. The molecule has 0 bridgehead atoms. The average Bonchev–Trinajstić information content (AvgIpc) is 3.02. The summed E-state index contributed by atoms with van der Waals surface area (Å²) in [7, 11) is 0. The Morgan fingerprint density at radius 1 is 0.500 bits per heavy atom. The van der Waals surface area contributed by atoms with Gasteiger partial charge in [0.1, 0.15) is 0 Å². The normalized spacial score (nSPS) is 12.0. The molecule has 1 nitrogen and oxygen atoms in total. The van der Waals surface area contributed by atoms with Crippen molar-refractivity contribution in [3.8, 4) is 0 Å². The molecule has 1 heterocycles. The first-order valence-electron chi connectivity index (χ1n) is 8.76. The van der Waals surface area contributed by atoms with Gasteiger partial charge in [0.05, 0.1) is 33.9 Å². The summed E-state index contributed by atoms with van der Waals surface area (Å²) >= 11 is 2.46. The van der Waals surface area contributed by atoms with Crippen molar-refractivity contribution in [3.63, 3.8) is 0 Å². The van der Waals surface area contributed by atoms with Crippen LogP contribution in [0.2, 0.25) is 0 Å². The SMILES string of the molecule is In1c2ccc3ccccc3c2c2c3ccccc3c3ccccc3c21. The van der Waals surface area contributed by atoms with E-state index in [-0.39, 0.29) is 0 Å². The minimum Gasteiger partial charge on any atom is -0.281 e. The van der Waals surface area contributed by atoms with Gasteiger partial charge < -0.3 is 0 Å². The zero-order chi connectivity index (χ0) is 17.3. The fourth-order valence-electron chi connectivity index (χ4n) is 4.39. The monoisotopic (exact) mass is 443 g/mol. The molecular formula is C24H14IN. The standard InChI is InChI=1S/C24H14IN/c25-26-21-14-13-15-7-1-2-8-16(15)22(21)23-19-11-5-3-9-17(19)18-10-4-6-12-20(18)24(23)26/h1-14H. The highest BCUT2D eigenvalue weighted by Crippen LogP contribution is 2.43. The van der Waals surface area contributed by atoms with E-state index in [0.29, 0.717) is 0 Å². The van der Waals surface area contributed by atoms with Gasteiger partial charge in [0.25, 0.3) is 0 Å². The van der Waals surface area contributed by atoms with Crippen molar-refractivity contribution >= 4 is 77.0 Å². The molecule has 0 aliphatic carbocycles. The molecule has 26 heavy (non-hydrogen) atoms. The molecule has 6 aromatic rings. The zero-order valence-electron chi connectivity index (χ0n) is 13.9. The number of fused-ring (bicyclic) bond motifs is 10. The lowest BCUT2D eigenvalue weighted by molar-refractivity contribution is 1.52. The van der Waals surface area contributed by atoms with E-state index in [4.69, 9.17) is 0 Å². The highest BCUT2D eigenvalue weighted by atomic mass is 127. The van der Waals surface area contributed by atoms with Crippen LogP contribution >= 0.6 is 22.9 Å². The molecule has 0 fully saturated rings. The smallest absolute Gasteiger partial charge is 0.0675 e. The van der Waals surface area contributed by atoms with Crippen LogP contribution in [-0.4, -0.2) is 2.78 Å². The molecule has 0 unspecified atom stereocenters. The summed E-state index contributed by atoms with van der Waals surface area (Å²) in [6.07, 6.45) is 0. The fraction of sp³-hybridized carbons (Fsp3) is 0. The van der Waals surface area contributed by atoms with Crippen LogP contribution in [0.4, 0.5) is 0 Å². The van der Waals surface area contributed by atoms with Crippen molar-refractivity contribution in [1.82, 2.24) is 2.78 Å². The van der Waals surface area contributed by atoms with Crippen molar-refractivity contribution < 1.29 is 0 Å². The topological polar surface area (TPSA) is 4.93 Å². The van der Waals surface area contributed by atoms with Crippen LogP contribution in [0.15, 0.2) is 84.9 Å². The average molecular weight is 443 g/mol. The second-order valence-corrected chi connectivity index (χ2v) is 7.74. The Kier molecular flexibility index (Phi) is 2.92. The fourth-order valence-corrected chi connectivity index (χ4v) is 5.29. The molecule has 0 N–H and O–H groups in total. The van der Waals surface area contributed by atoms with E-state index in [2.05, 4.69) is 111 Å². The molecule has 0 amide bonds. The van der Waals surface area contributed by atoms with Crippen molar-refractivity contribution in [1.29, 1.82) is 0 Å². The molecule has 6 rings (SSSR count). The molecule has 0 spiro atoms. The van der Waals surface area contributed by atoms with Crippen LogP contribution in [0, 0.1) is 0 Å². The van der Waals surface area contributed by atoms with E-state index >= 15 is 0 Å². The summed E-state index contributed by atoms with van der Waals surface area (Å²) in [5.41, 5.74) is 2.59. The Labute approximate surface area is 164 Å². The van der Waals surface area contributed by atoms with Crippen LogP contribution in [0.5, 0.6) is 0 Å². The van der Waals surface area contributed by atoms with E-state index in [1.165, 1.54) is 54.1 Å². The first-order chi connectivity index (χ1) is 12.8. The van der Waals surface area contributed by atoms with Crippen molar-refractivity contribution in [2.75, 3.05) is 0 Å². The van der Waals surface area contributed by atoms with Crippen LogP contribution < -0.4 is 0 Å². The van der Waals surface area contributed by atoms with E-state index in [9.17, 15) is 0 Å². The molecule has 0 aliphatic heterocycles. The second-order valence-electron chi connectivity index (χ2n) is 6.78. The van der Waals surface area contributed by atoms with Crippen molar-refractivity contribution in [2.45, 2.75) is 0 Å². The lowest BCUT2D eigenvalue weighted by atomic mass is 9.95. The van der Waals surface area contributed by atoms with Gasteiger partial charge in [-0.15, -0.1) is 0 Å². The number of nitrogens with zero attached hydrogens (tertiary/aromatic N) is 1. The maximum Gasteiger partial charge on any atom is 0.0675 e. The summed E-state index contributed by atoms with van der Waals surface area (Å²) in [5, 5.41) is 10.6. The molecular weight excluding hydrogens is 429 g/mol. The number of aromatic nitrogens is 1. The number of hydrogen-bond acceptors (Lipinski definition) is 0. The molecule has 0 saturated carbocycles. The van der Waals surface area contributed by atoms with Crippen LogP contribution in [-0.2, 0) is 0 Å². The number of hydrogen-bond donors (Lipinski definition) is 0. The van der Waals surface area contributed by atoms with E-state index < -0.39 is 0 Å². The van der Waals surface area contributed by atoms with Gasteiger partial charge in [0, 0.05) is 16.2 Å². The van der Waals surface area contributed by atoms with Gasteiger partial charge in [-0.1, -0.05) is 78.9 Å². The minimum atomic E-state index is 1.28. The predicted molar refractivity (Wildman–Crippen MR) is 121 cm³/mol. The molecule has 0 atom stereocenters. The summed E-state index contributed by atoms with van der Waals surface area (Å²) in [5.74, 6) is 0. The largest absolute Gasteiger partial charge is 0.281 e. The first kappa shape index (κ1) is 14.6. The van der Waals surface area contributed by atoms with Gasteiger partial charge >= 0.3 is 0 Å². The summed E-state index contributed by atoms with van der Waals surface area (Å²) in [6, 6.07) is 30.8. The Morgan fingerprint density at radius 3 is 1.85 bits per heavy atom. The maximum absolute atomic E-state index is 2.46. The third kappa shape index (κ3) is 1.75. The second kappa shape index (κ2) is 5.21. The Morgan fingerprint density at radius 2 is 1.08 bits per heavy atom. The lowest BCUT2D eigenvalue weighted by Crippen LogP contribution is -1.83. The van der Waals surface area contributed by atoms with Gasteiger partial charge in [0.2, 0.25) is 0 Å². The third-order valence-electron chi connectivity index (χ3n) is 5.47. The summed E-state index contributed by atoms with van der Waals surface area (Å²) in [6.45, 7) is 0.